The van der Waals surface area contributed by atoms with Crippen molar-refractivity contribution in [1.29, 1.82) is 0 Å². The molecule has 28 heavy (non-hydrogen) atoms. The first-order valence-electron chi connectivity index (χ1n) is 9.31. The van der Waals surface area contributed by atoms with Gasteiger partial charge in [-0.05, 0) is 55.5 Å². The zero-order valence-corrected chi connectivity index (χ0v) is 16.9. The van der Waals surface area contributed by atoms with Crippen LogP contribution in [0.4, 0.5) is 5.82 Å². The van der Waals surface area contributed by atoms with E-state index < -0.39 is 0 Å². The molecule has 0 aliphatic carbocycles. The van der Waals surface area contributed by atoms with Gasteiger partial charge < -0.3 is 19.2 Å². The first-order valence-corrected chi connectivity index (χ1v) is 9.69. The number of nitrogens with zero attached hydrogens (tertiary/aromatic N) is 4. The van der Waals surface area contributed by atoms with Gasteiger partial charge in [0.25, 0.3) is 0 Å². The Labute approximate surface area is 170 Å². The third kappa shape index (κ3) is 5.48. The van der Waals surface area contributed by atoms with Crippen LogP contribution in [0.5, 0.6) is 11.5 Å². The Hall–Kier alpha value is -2.54. The summed E-state index contributed by atoms with van der Waals surface area (Å²) in [5, 5.41) is 12.3. The molecule has 1 aliphatic rings. The van der Waals surface area contributed by atoms with Gasteiger partial charge in [-0.1, -0.05) is 16.8 Å². The van der Waals surface area contributed by atoms with E-state index in [0.29, 0.717) is 23.4 Å². The van der Waals surface area contributed by atoms with Gasteiger partial charge in [-0.2, -0.15) is 0 Å². The number of aromatic nitrogens is 2. The number of anilines is 1. The molecule has 1 aliphatic heterocycles. The van der Waals surface area contributed by atoms with Crippen LogP contribution < -0.4 is 14.4 Å². The van der Waals surface area contributed by atoms with Gasteiger partial charge in [-0.3, -0.25) is 0 Å². The molecular weight excluding hydrogens is 380 g/mol. The van der Waals surface area contributed by atoms with Crippen molar-refractivity contribution in [3.05, 3.63) is 41.0 Å². The van der Waals surface area contributed by atoms with Crippen LogP contribution in [-0.4, -0.2) is 50.3 Å². The van der Waals surface area contributed by atoms with Crippen LogP contribution in [0.2, 0.25) is 5.15 Å². The van der Waals surface area contributed by atoms with E-state index in [-0.39, 0.29) is 0 Å². The number of oxime groups is 1. The molecule has 0 atom stereocenters. The van der Waals surface area contributed by atoms with Gasteiger partial charge in [-0.15, -0.1) is 10.2 Å². The Morgan fingerprint density at radius 1 is 1.14 bits per heavy atom. The monoisotopic (exact) mass is 404 g/mol. The number of ether oxygens (including phenoxy) is 2. The maximum Gasteiger partial charge on any atom is 0.161 e. The van der Waals surface area contributed by atoms with Gasteiger partial charge in [0.05, 0.1) is 19.9 Å². The highest BCUT2D eigenvalue weighted by Crippen LogP contribution is 2.29. The highest BCUT2D eigenvalue weighted by Gasteiger charge is 2.20. The van der Waals surface area contributed by atoms with E-state index in [0.717, 1.165) is 49.5 Å². The van der Waals surface area contributed by atoms with E-state index in [9.17, 15) is 0 Å². The van der Waals surface area contributed by atoms with Crippen molar-refractivity contribution in [3.63, 3.8) is 0 Å². The molecule has 8 heteroatoms. The van der Waals surface area contributed by atoms with E-state index in [1.165, 1.54) is 7.11 Å². The first-order chi connectivity index (χ1) is 13.7. The van der Waals surface area contributed by atoms with Gasteiger partial charge >= 0.3 is 0 Å². The predicted molar refractivity (Wildman–Crippen MR) is 110 cm³/mol. The van der Waals surface area contributed by atoms with Crippen molar-refractivity contribution < 1.29 is 14.3 Å². The summed E-state index contributed by atoms with van der Waals surface area (Å²) in [7, 11) is 3.16. The molecule has 0 saturated carbocycles. The third-order valence-electron chi connectivity index (χ3n) is 4.83. The topological polar surface area (TPSA) is 69.1 Å². The largest absolute Gasteiger partial charge is 0.493 e. The average molecular weight is 405 g/mol. The third-order valence-corrected chi connectivity index (χ3v) is 5.04. The van der Waals surface area contributed by atoms with Crippen molar-refractivity contribution in [2.24, 2.45) is 11.1 Å². The summed E-state index contributed by atoms with van der Waals surface area (Å²) in [6.45, 7) is 2.58. The Kier molecular flexibility index (Phi) is 7.31. The first kappa shape index (κ1) is 20.2. The van der Waals surface area contributed by atoms with Crippen molar-refractivity contribution in [1.82, 2.24) is 10.2 Å². The molecule has 0 radical (unpaired) electrons. The lowest BCUT2D eigenvalue weighted by molar-refractivity contribution is 0.215. The highest BCUT2D eigenvalue weighted by atomic mass is 35.5. The fourth-order valence-electron chi connectivity index (χ4n) is 3.26. The SMILES string of the molecule is CO/N=C/c1ccc(OC)c(OCCC2CCN(c3ccc(Cl)nn3)CC2)c1. The number of hydrogen-bond donors (Lipinski definition) is 0. The minimum absolute atomic E-state index is 0.420. The van der Waals surface area contributed by atoms with Crippen LogP contribution in [0.25, 0.3) is 0 Å². The smallest absolute Gasteiger partial charge is 0.161 e. The van der Waals surface area contributed by atoms with Crippen LogP contribution in [-0.2, 0) is 4.84 Å². The molecule has 150 valence electrons. The summed E-state index contributed by atoms with van der Waals surface area (Å²) >= 11 is 5.81. The number of hydrogen-bond acceptors (Lipinski definition) is 7. The van der Waals surface area contributed by atoms with Crippen molar-refractivity contribution in [3.8, 4) is 11.5 Å². The minimum Gasteiger partial charge on any atom is -0.493 e. The van der Waals surface area contributed by atoms with Gasteiger partial charge in [-0.25, -0.2) is 0 Å². The fraction of sp³-hybridized carbons (Fsp3) is 0.450. The maximum absolute atomic E-state index is 6.00. The Morgan fingerprint density at radius 3 is 2.64 bits per heavy atom. The summed E-state index contributed by atoms with van der Waals surface area (Å²) in [5.41, 5.74) is 0.898. The second kappa shape index (κ2) is 10.1. The number of rotatable bonds is 8. The molecule has 7 nitrogen and oxygen atoms in total. The van der Waals surface area contributed by atoms with Crippen LogP contribution in [0.3, 0.4) is 0 Å². The Balaban J connectivity index is 1.48. The van der Waals surface area contributed by atoms with Gasteiger partial charge in [0.1, 0.15) is 7.11 Å². The van der Waals surface area contributed by atoms with Crippen LogP contribution in [0.1, 0.15) is 24.8 Å². The number of methoxy groups -OCH3 is 1. The molecule has 1 fully saturated rings. The van der Waals surface area contributed by atoms with E-state index in [1.807, 2.05) is 24.3 Å². The van der Waals surface area contributed by atoms with E-state index in [2.05, 4.69) is 20.3 Å². The molecule has 0 bridgehead atoms. The van der Waals surface area contributed by atoms with Crippen LogP contribution in [0, 0.1) is 5.92 Å². The normalized spacial score (nSPS) is 15.0. The quantitative estimate of drug-likeness (QED) is 0.492. The van der Waals surface area contributed by atoms with Crippen molar-refractivity contribution in [2.75, 3.05) is 38.8 Å². The van der Waals surface area contributed by atoms with Gasteiger partial charge in [0.2, 0.25) is 0 Å². The lowest BCUT2D eigenvalue weighted by atomic mass is 9.94. The minimum atomic E-state index is 0.420. The van der Waals surface area contributed by atoms with Crippen LogP contribution >= 0.6 is 11.6 Å². The summed E-state index contributed by atoms with van der Waals surface area (Å²) in [5.74, 6) is 2.95. The molecule has 0 N–H and O–H groups in total. The molecule has 0 unspecified atom stereocenters. The second-order valence-corrected chi connectivity index (χ2v) is 7.00. The van der Waals surface area contributed by atoms with E-state index >= 15 is 0 Å². The predicted octanol–water partition coefficient (Wildman–Crippen LogP) is 3.80. The molecule has 1 aromatic heterocycles. The molecule has 2 aromatic rings. The Bertz CT molecular complexity index is 778. The summed E-state index contributed by atoms with van der Waals surface area (Å²) < 4.78 is 11.4. The lowest BCUT2D eigenvalue weighted by Gasteiger charge is -2.32. The van der Waals surface area contributed by atoms with Crippen LogP contribution in [0.15, 0.2) is 35.5 Å². The number of benzene rings is 1. The number of halogens is 1. The fourth-order valence-corrected chi connectivity index (χ4v) is 3.36. The summed E-state index contributed by atoms with van der Waals surface area (Å²) in [6.07, 6.45) is 4.85. The zero-order chi connectivity index (χ0) is 19.8. The molecule has 1 saturated heterocycles. The molecule has 2 heterocycles. The standard InChI is InChI=1S/C20H25ClN4O3/c1-26-17-4-3-16(14-22-27-2)13-18(17)28-12-9-15-7-10-25(11-8-15)20-6-5-19(21)23-24-20/h3-6,13-15H,7-12H2,1-2H3/b22-14+. The maximum atomic E-state index is 6.00. The lowest BCUT2D eigenvalue weighted by Crippen LogP contribution is -2.34. The molecular formula is C20H25ClN4O3. The zero-order valence-electron chi connectivity index (χ0n) is 16.2. The summed E-state index contributed by atoms with van der Waals surface area (Å²) in [4.78, 5) is 6.98. The Morgan fingerprint density at radius 2 is 1.96 bits per heavy atom. The van der Waals surface area contributed by atoms with Crippen molar-refractivity contribution >= 4 is 23.6 Å². The van der Waals surface area contributed by atoms with Gasteiger partial charge in [0.15, 0.2) is 22.5 Å². The molecule has 1 aromatic carbocycles. The van der Waals surface area contributed by atoms with Gasteiger partial charge in [0, 0.05) is 18.7 Å². The van der Waals surface area contributed by atoms with E-state index in [4.69, 9.17) is 25.9 Å². The second-order valence-electron chi connectivity index (χ2n) is 6.61. The summed E-state index contributed by atoms with van der Waals surface area (Å²) in [6, 6.07) is 9.39. The number of piperidine rings is 1. The van der Waals surface area contributed by atoms with Crippen molar-refractivity contribution in [2.45, 2.75) is 19.3 Å². The average Bonchev–Trinajstić information content (AvgIpc) is 2.73. The molecule has 0 spiro atoms. The highest BCUT2D eigenvalue weighted by molar-refractivity contribution is 6.29. The van der Waals surface area contributed by atoms with E-state index in [1.54, 1.807) is 19.4 Å². The molecule has 3 rings (SSSR count). The molecule has 0 amide bonds.